The Bertz CT molecular complexity index is 680. The molecule has 1 aliphatic rings. The molecule has 152 valence electrons. The van der Waals surface area contributed by atoms with Gasteiger partial charge in [0.1, 0.15) is 0 Å². The van der Waals surface area contributed by atoms with Gasteiger partial charge in [-0.1, -0.05) is 0 Å². The molecule has 1 aliphatic carbocycles. The van der Waals surface area contributed by atoms with Crippen LogP contribution in [0.15, 0.2) is 22.1 Å². The van der Waals surface area contributed by atoms with Gasteiger partial charge in [-0.2, -0.15) is 0 Å². The Hall–Kier alpha value is 1.34. The summed E-state index contributed by atoms with van der Waals surface area (Å²) in [6.45, 7) is 20.3. The van der Waals surface area contributed by atoms with Crippen LogP contribution in [-0.2, 0) is 14.4 Å². The van der Waals surface area contributed by atoms with E-state index in [0.717, 1.165) is 11.1 Å². The van der Waals surface area contributed by atoms with Crippen LogP contribution in [0, 0.1) is 0 Å². The molecule has 0 unspecified atom stereocenters. The van der Waals surface area contributed by atoms with E-state index in [9.17, 15) is 0 Å². The smallest absolute Gasteiger partial charge is 0.147 e. The minimum atomic E-state index is -4.58. The van der Waals surface area contributed by atoms with Crippen LogP contribution in [-0.4, -0.2) is 28.2 Å². The molecule has 25 heavy (non-hydrogen) atoms. The van der Waals surface area contributed by atoms with Crippen molar-refractivity contribution in [1.82, 2.24) is 3.80 Å². The third-order valence-corrected chi connectivity index (χ3v) is 73.4. The third-order valence-electron chi connectivity index (χ3n) is 7.11. The summed E-state index contributed by atoms with van der Waals surface area (Å²) in [6.07, 6.45) is 8.03. The molecule has 1 N–H and O–H groups in total. The van der Waals surface area contributed by atoms with E-state index in [1.807, 2.05) is 0 Å². The van der Waals surface area contributed by atoms with E-state index >= 15 is 0 Å². The molecule has 8 heteroatoms. The van der Waals surface area contributed by atoms with Gasteiger partial charge in [0.25, 0.3) is 0 Å². The Morgan fingerprint density at radius 1 is 1.24 bits per heavy atom. The predicted molar refractivity (Wildman–Crippen MR) is 127 cm³/mol. The van der Waals surface area contributed by atoms with E-state index in [2.05, 4.69) is 95.3 Å². The first kappa shape index (κ1) is 28.6. The molecule has 0 bridgehead atoms. The van der Waals surface area contributed by atoms with Crippen LogP contribution >= 0.6 is 24.8 Å². The summed E-state index contributed by atoms with van der Waals surface area (Å²) in [4.78, 5) is 0. The molecule has 0 amide bonds. The molecule has 0 saturated carbocycles. The monoisotopic (exact) mass is 479 g/mol. The number of hydrogen-bond acceptors (Lipinski definition) is 2. The normalized spacial score (nSPS) is 19.8. The fourth-order valence-corrected chi connectivity index (χ4v) is 60.0. The second-order valence-electron chi connectivity index (χ2n) is 11.5. The second kappa shape index (κ2) is 6.70. The molecular formula is C17H43Cl2NOSi3Ti. The third kappa shape index (κ3) is 4.35. The summed E-state index contributed by atoms with van der Waals surface area (Å²) in [5, 5.41) is 2.61. The van der Waals surface area contributed by atoms with Gasteiger partial charge in [0.05, 0.1) is 0 Å². The van der Waals surface area contributed by atoms with Crippen LogP contribution in [0.4, 0.5) is 0 Å². The molecular weight excluding hydrogens is 437 g/mol. The second-order valence-corrected chi connectivity index (χ2v) is 63.1. The predicted octanol–water partition coefficient (Wildman–Crippen LogP) is 5.52. The van der Waals surface area contributed by atoms with Crippen LogP contribution in [0.5, 0.6) is 0 Å². The molecule has 1 rings (SSSR count). The molecule has 2 nitrogen and oxygen atoms in total. The van der Waals surface area contributed by atoms with E-state index in [1.54, 1.807) is 3.88 Å². The van der Waals surface area contributed by atoms with Crippen molar-refractivity contribution < 1.29 is 14.4 Å². The molecule has 0 aromatic carbocycles. The molecule has 0 spiro atoms. The average Bonchev–Trinajstić information content (AvgIpc) is 2.79. The first-order chi connectivity index (χ1) is 9.88. The number of hydrogen-bond donors (Lipinski definition) is 1. The van der Waals surface area contributed by atoms with E-state index in [1.165, 1.54) is 0 Å². The van der Waals surface area contributed by atoms with E-state index in [4.69, 9.17) is 3.01 Å². The van der Waals surface area contributed by atoms with Gasteiger partial charge in [-0.15, -0.1) is 24.8 Å². The van der Waals surface area contributed by atoms with E-state index < -0.39 is 26.4 Å². The fraction of sp³-hybridized carbons (Fsp3) is 0.765. The summed E-state index contributed by atoms with van der Waals surface area (Å²) in [5.74, 6) is 0. The van der Waals surface area contributed by atoms with Gasteiger partial charge in [-0.3, -0.25) is 0 Å². The van der Waals surface area contributed by atoms with Gasteiger partial charge in [0, 0.05) is 0 Å². The summed E-state index contributed by atoms with van der Waals surface area (Å²) in [5.41, 5.74) is 0.0306. The van der Waals surface area contributed by atoms with Crippen molar-refractivity contribution in [2.24, 2.45) is 0 Å². The van der Waals surface area contributed by atoms with Crippen molar-refractivity contribution in [1.29, 1.82) is 0 Å². The first-order valence-electron chi connectivity index (χ1n) is 9.23. The van der Waals surface area contributed by atoms with E-state index in [-0.39, 0.29) is 30.4 Å². The Balaban J connectivity index is 0. The topological polar surface area (TPSA) is 21.3 Å². The number of halogens is 2. The first-order valence-corrected chi connectivity index (χ1v) is 27.1. The Morgan fingerprint density at radius 3 is 1.96 bits per heavy atom. The summed E-state index contributed by atoms with van der Waals surface area (Å²) < 4.78 is 14.7. The molecule has 0 aromatic rings. The van der Waals surface area contributed by atoms with Crippen LogP contribution in [0.1, 0.15) is 34.1 Å². The molecule has 0 heterocycles. The Morgan fingerprint density at radius 2 is 1.72 bits per heavy atom. The fourth-order valence-electron chi connectivity index (χ4n) is 5.46. The zero-order chi connectivity index (χ0) is 18.5. The standard InChI is InChI=1S/C5H5.C4H10N.C3H9OSi.C2H7Si.C2H5.CH3.2ClH.H2Si.Ti/c1-2-4-5-3-1;1-4(2,3)5;1-5(2,3)4;1-3-2;1-2;;;;;/h1-3H,4H2;5H,1-3H3;1-3H3;3H,1-2H3;1H2,2H3;1H3;2*1H;1H2;/q;2*-1;;;;;;;+2. The SMILES string of the molecule is C[CH2][Ti]([CH3])(=[SiH2])([NH]C(C)(C)C)([O][Si](C)(C)C)([C]1=CC=CC1)[SiH](C)C.Cl.Cl. The molecule has 0 aliphatic heterocycles. The molecule has 0 saturated heterocycles. The maximum Gasteiger partial charge on any atom is -0.147 e. The molecule has 0 fully saturated rings. The Kier molecular flexibility index (Phi) is 7.65. The molecule has 0 radical (unpaired) electrons. The molecule has 0 atom stereocenters. The number of nitrogens with one attached hydrogen (secondary N) is 1. The van der Waals surface area contributed by atoms with Crippen LogP contribution in [0.3, 0.4) is 0 Å². The maximum atomic E-state index is 7.63. The minimum absolute atomic E-state index is 0. The summed E-state index contributed by atoms with van der Waals surface area (Å²) >= 11 is -4.58. The van der Waals surface area contributed by atoms with Gasteiger partial charge < -0.3 is 0 Å². The largest absolute Gasteiger partial charge is 0.147 e. The van der Waals surface area contributed by atoms with Gasteiger partial charge in [-0.05, 0) is 0 Å². The van der Waals surface area contributed by atoms with Crippen molar-refractivity contribution in [2.45, 2.75) is 82.3 Å². The van der Waals surface area contributed by atoms with Crippen molar-refractivity contribution in [3.63, 3.8) is 0 Å². The van der Waals surface area contributed by atoms with Gasteiger partial charge in [0.15, 0.2) is 0 Å². The van der Waals surface area contributed by atoms with Crippen molar-refractivity contribution >= 4 is 47.4 Å². The minimum Gasteiger partial charge on any atom is -0.147 e. The van der Waals surface area contributed by atoms with Crippen molar-refractivity contribution in [2.75, 3.05) is 0 Å². The zero-order valence-corrected chi connectivity index (χ0v) is 24.9. The van der Waals surface area contributed by atoms with Crippen LogP contribution < -0.4 is 3.80 Å². The van der Waals surface area contributed by atoms with Gasteiger partial charge in [0.2, 0.25) is 0 Å². The van der Waals surface area contributed by atoms with Gasteiger partial charge >= 0.3 is 145 Å². The van der Waals surface area contributed by atoms with Gasteiger partial charge in [-0.25, -0.2) is 0 Å². The average molecular weight is 481 g/mol. The Labute approximate surface area is 169 Å². The summed E-state index contributed by atoms with van der Waals surface area (Å²) in [6, 6.07) is 0. The molecule has 0 aromatic heterocycles. The number of allylic oxidation sites excluding steroid dienone is 4. The van der Waals surface area contributed by atoms with Crippen LogP contribution in [0.2, 0.25) is 42.7 Å². The maximum absolute atomic E-state index is 7.63. The van der Waals surface area contributed by atoms with Crippen molar-refractivity contribution in [3.8, 4) is 0 Å². The van der Waals surface area contributed by atoms with Crippen LogP contribution in [0.25, 0.3) is 0 Å². The van der Waals surface area contributed by atoms with E-state index in [0.29, 0.717) is 0 Å². The zero-order valence-electron chi connectivity index (χ0n) is 18.2. The quantitative estimate of drug-likeness (QED) is 0.506. The van der Waals surface area contributed by atoms with Crippen molar-refractivity contribution in [3.05, 3.63) is 22.1 Å². The number of rotatable bonds is 6. The summed E-state index contributed by atoms with van der Waals surface area (Å²) in [7, 11) is 0.527.